The molecule has 212 valence electrons. The van der Waals surface area contributed by atoms with E-state index in [0.29, 0.717) is 47.4 Å². The van der Waals surface area contributed by atoms with E-state index in [4.69, 9.17) is 20.6 Å². The third kappa shape index (κ3) is 5.80. The Balaban J connectivity index is 1.25. The number of hydrogen-bond acceptors (Lipinski definition) is 6. The van der Waals surface area contributed by atoms with Crippen molar-refractivity contribution in [1.29, 1.82) is 5.26 Å². The van der Waals surface area contributed by atoms with Crippen LogP contribution in [0.1, 0.15) is 52.3 Å². The van der Waals surface area contributed by atoms with Crippen molar-refractivity contribution in [2.24, 2.45) is 0 Å². The lowest BCUT2D eigenvalue weighted by Crippen LogP contribution is -2.20. The van der Waals surface area contributed by atoms with Gasteiger partial charge in [0.25, 0.3) is 5.91 Å². The number of aromatic nitrogens is 4. The van der Waals surface area contributed by atoms with Crippen LogP contribution in [0.5, 0.6) is 0 Å². The van der Waals surface area contributed by atoms with Crippen molar-refractivity contribution < 1.29 is 13.8 Å². The summed E-state index contributed by atoms with van der Waals surface area (Å²) in [7, 11) is -1.24. The second-order valence-electron chi connectivity index (χ2n) is 9.97. The standard InChI is InChI=1S/C31H28ClN6O3P/c1-3-38-28(15-20(2)36-38)30(39)35-31-34-26-16-22(18-33)9-12-27(26)37(31)19-21-7-10-25(11-8-21)42-40-14-13-29(41-42)23-5-4-6-24(32)17-23/h4-12,15-17,29H,3,13-14,19H2,1-2H3,(H,34,35,39). The first kappa shape index (κ1) is 28.1. The van der Waals surface area contributed by atoms with Crippen molar-refractivity contribution in [1.82, 2.24) is 19.3 Å². The van der Waals surface area contributed by atoms with Gasteiger partial charge >= 0.3 is 0 Å². The summed E-state index contributed by atoms with van der Waals surface area (Å²) >= 11 is 6.20. The number of nitrogens with one attached hydrogen (secondary N) is 1. The van der Waals surface area contributed by atoms with Gasteiger partial charge in [-0.25, -0.2) is 4.98 Å². The first-order valence-corrected chi connectivity index (χ1v) is 15.2. The van der Waals surface area contributed by atoms with Crippen molar-refractivity contribution in [3.63, 3.8) is 0 Å². The maximum atomic E-state index is 13.3. The highest BCUT2D eigenvalue weighted by atomic mass is 35.5. The maximum Gasteiger partial charge on any atom is 0.276 e. The molecule has 0 bridgehead atoms. The lowest BCUT2D eigenvalue weighted by atomic mass is 10.1. The zero-order chi connectivity index (χ0) is 29.2. The molecule has 3 heterocycles. The quantitative estimate of drug-likeness (QED) is 0.214. The minimum absolute atomic E-state index is 0.0715. The average Bonchev–Trinajstić information content (AvgIpc) is 3.56. The summed E-state index contributed by atoms with van der Waals surface area (Å²) in [5.41, 5.74) is 5.21. The van der Waals surface area contributed by atoms with Gasteiger partial charge in [-0.2, -0.15) is 10.4 Å². The Bertz CT molecular complexity index is 1810. The summed E-state index contributed by atoms with van der Waals surface area (Å²) in [5, 5.41) is 18.4. The predicted octanol–water partition coefficient (Wildman–Crippen LogP) is 6.50. The molecule has 1 aliphatic rings. The predicted molar refractivity (Wildman–Crippen MR) is 163 cm³/mol. The van der Waals surface area contributed by atoms with E-state index in [9.17, 15) is 10.1 Å². The van der Waals surface area contributed by atoms with Crippen molar-refractivity contribution in [3.05, 3.63) is 106 Å². The summed E-state index contributed by atoms with van der Waals surface area (Å²) in [4.78, 5) is 18.0. The molecule has 42 heavy (non-hydrogen) atoms. The summed E-state index contributed by atoms with van der Waals surface area (Å²) in [6.07, 6.45) is 0.698. The number of nitrogens with zero attached hydrogens (tertiary/aromatic N) is 5. The highest BCUT2D eigenvalue weighted by molar-refractivity contribution is 7.56. The smallest absolute Gasteiger partial charge is 0.276 e. The summed E-state index contributed by atoms with van der Waals surface area (Å²) in [5.74, 6) is 0.0943. The van der Waals surface area contributed by atoms with Crippen LogP contribution in [0.3, 0.4) is 0 Å². The molecule has 1 fully saturated rings. The minimum atomic E-state index is -1.24. The molecule has 5 aromatic rings. The molecule has 1 amide bonds. The lowest BCUT2D eigenvalue weighted by Gasteiger charge is -2.29. The molecule has 0 radical (unpaired) electrons. The summed E-state index contributed by atoms with van der Waals surface area (Å²) < 4.78 is 16.0. The van der Waals surface area contributed by atoms with Crippen LogP contribution in [-0.4, -0.2) is 31.8 Å². The van der Waals surface area contributed by atoms with Crippen LogP contribution < -0.4 is 10.6 Å². The number of anilines is 1. The molecule has 6 rings (SSSR count). The Kier molecular flexibility index (Phi) is 8.05. The molecule has 2 atom stereocenters. The maximum absolute atomic E-state index is 13.3. The number of amides is 1. The lowest BCUT2D eigenvalue weighted by molar-refractivity contribution is 0.101. The molecule has 9 nitrogen and oxygen atoms in total. The van der Waals surface area contributed by atoms with Gasteiger partial charge in [-0.3, -0.25) is 14.8 Å². The minimum Gasteiger partial charge on any atom is -0.330 e. The van der Waals surface area contributed by atoms with Gasteiger partial charge in [0.05, 0.1) is 47.6 Å². The Labute approximate surface area is 249 Å². The summed E-state index contributed by atoms with van der Waals surface area (Å²) in [6.45, 7) is 5.42. The van der Waals surface area contributed by atoms with Crippen LogP contribution in [0.2, 0.25) is 5.02 Å². The number of imidazole rings is 1. The highest BCUT2D eigenvalue weighted by Gasteiger charge is 2.27. The van der Waals surface area contributed by atoms with E-state index < -0.39 is 8.38 Å². The van der Waals surface area contributed by atoms with Crippen LogP contribution in [0, 0.1) is 18.3 Å². The van der Waals surface area contributed by atoms with E-state index in [1.54, 1.807) is 22.9 Å². The van der Waals surface area contributed by atoms with Crippen molar-refractivity contribution in [2.75, 3.05) is 11.9 Å². The third-order valence-corrected chi connectivity index (χ3v) is 8.87. The van der Waals surface area contributed by atoms with E-state index >= 15 is 0 Å². The number of rotatable bonds is 7. The Hall–Kier alpha value is -4.06. The normalized spacial score (nSPS) is 16.8. The fourth-order valence-electron chi connectivity index (χ4n) is 5.01. The molecule has 11 heteroatoms. The molecule has 0 spiro atoms. The van der Waals surface area contributed by atoms with Crippen LogP contribution in [-0.2, 0) is 22.1 Å². The Morgan fingerprint density at radius 2 is 2.00 bits per heavy atom. The second-order valence-corrected chi connectivity index (χ2v) is 11.9. The third-order valence-electron chi connectivity index (χ3n) is 7.06. The largest absolute Gasteiger partial charge is 0.330 e. The molecular weight excluding hydrogens is 571 g/mol. The molecule has 1 saturated heterocycles. The fraction of sp³-hybridized carbons (Fsp3) is 0.226. The van der Waals surface area contributed by atoms with Gasteiger partial charge in [0, 0.05) is 23.3 Å². The molecule has 2 unspecified atom stereocenters. The molecular formula is C31H28ClN6O3P. The fourth-order valence-corrected chi connectivity index (χ4v) is 6.66. The number of carbonyl (C=O) groups excluding carboxylic acids is 1. The number of aryl methyl sites for hydroxylation is 2. The first-order valence-electron chi connectivity index (χ1n) is 13.6. The Morgan fingerprint density at radius 3 is 2.76 bits per heavy atom. The number of nitriles is 1. The molecule has 0 saturated carbocycles. The van der Waals surface area contributed by atoms with E-state index in [1.807, 2.05) is 73.0 Å². The van der Waals surface area contributed by atoms with Crippen LogP contribution in [0.25, 0.3) is 11.0 Å². The van der Waals surface area contributed by atoms with Crippen molar-refractivity contribution in [2.45, 2.75) is 39.5 Å². The zero-order valence-electron chi connectivity index (χ0n) is 23.1. The number of hydrogen-bond donors (Lipinski definition) is 1. The number of fused-ring (bicyclic) bond motifs is 1. The van der Waals surface area contributed by atoms with E-state index in [2.05, 4.69) is 21.5 Å². The molecule has 0 aliphatic carbocycles. The Morgan fingerprint density at radius 1 is 1.17 bits per heavy atom. The highest BCUT2D eigenvalue weighted by Crippen LogP contribution is 2.48. The molecule has 1 aliphatic heterocycles. The van der Waals surface area contributed by atoms with Crippen molar-refractivity contribution in [3.8, 4) is 6.07 Å². The van der Waals surface area contributed by atoms with Crippen LogP contribution in [0.4, 0.5) is 5.95 Å². The summed E-state index contributed by atoms with van der Waals surface area (Å²) in [6, 6.07) is 25.1. The van der Waals surface area contributed by atoms with Gasteiger partial charge in [0.2, 0.25) is 14.3 Å². The molecule has 2 aromatic heterocycles. The van der Waals surface area contributed by atoms with Gasteiger partial charge in [-0.15, -0.1) is 0 Å². The van der Waals surface area contributed by atoms with E-state index in [-0.39, 0.29) is 12.0 Å². The molecule has 3 aromatic carbocycles. The van der Waals surface area contributed by atoms with Gasteiger partial charge in [0.15, 0.2) is 0 Å². The van der Waals surface area contributed by atoms with Gasteiger partial charge in [-0.05, 0) is 73.5 Å². The average molecular weight is 599 g/mol. The number of carbonyl (C=O) groups is 1. The zero-order valence-corrected chi connectivity index (χ0v) is 24.8. The van der Waals surface area contributed by atoms with Gasteiger partial charge in [-0.1, -0.05) is 35.9 Å². The van der Waals surface area contributed by atoms with E-state index in [0.717, 1.165) is 34.1 Å². The first-order chi connectivity index (χ1) is 20.4. The van der Waals surface area contributed by atoms with Gasteiger partial charge < -0.3 is 13.6 Å². The molecule has 1 N–H and O–H groups in total. The van der Waals surface area contributed by atoms with E-state index in [1.165, 1.54) is 0 Å². The SMILES string of the molecule is CCn1nc(C)cc1C(=O)Nc1nc2cc(C#N)ccc2n1Cc1ccc(P2OCCC(c3cccc(Cl)c3)O2)cc1. The second kappa shape index (κ2) is 12.0. The number of benzene rings is 3. The number of halogens is 1. The topological polar surface area (TPSA) is 107 Å². The van der Waals surface area contributed by atoms with Crippen molar-refractivity contribution >= 4 is 48.2 Å². The van der Waals surface area contributed by atoms with Gasteiger partial charge in [0.1, 0.15) is 5.69 Å². The monoisotopic (exact) mass is 598 g/mol. The van der Waals surface area contributed by atoms with Crippen LogP contribution in [0.15, 0.2) is 72.8 Å². The van der Waals surface area contributed by atoms with Crippen LogP contribution >= 0.6 is 20.0 Å².